The Kier molecular flexibility index (Phi) is 4.06. The molecule has 0 bridgehead atoms. The second kappa shape index (κ2) is 5.75. The van der Waals surface area contributed by atoms with Crippen LogP contribution in [0.15, 0.2) is 36.5 Å². The summed E-state index contributed by atoms with van der Waals surface area (Å²) in [4.78, 5) is 4.30. The van der Waals surface area contributed by atoms with Crippen molar-refractivity contribution >= 4 is 17.2 Å². The van der Waals surface area contributed by atoms with Crippen molar-refractivity contribution in [1.82, 2.24) is 4.98 Å². The van der Waals surface area contributed by atoms with Gasteiger partial charge in [0.2, 0.25) is 0 Å². The van der Waals surface area contributed by atoms with E-state index in [1.807, 2.05) is 6.07 Å². The molecule has 0 saturated carbocycles. The lowest BCUT2D eigenvalue weighted by atomic mass is 10.2. The first kappa shape index (κ1) is 13.4. The summed E-state index contributed by atoms with van der Waals surface area (Å²) in [7, 11) is 0. The van der Waals surface area contributed by atoms with Gasteiger partial charge >= 0.3 is 0 Å². The van der Waals surface area contributed by atoms with E-state index in [0.29, 0.717) is 18.1 Å². The lowest BCUT2D eigenvalue weighted by molar-refractivity contribution is 0.303. The van der Waals surface area contributed by atoms with Crippen molar-refractivity contribution in [3.05, 3.63) is 59.2 Å². The first-order chi connectivity index (χ1) is 9.06. The molecule has 0 aliphatic carbocycles. The van der Waals surface area contributed by atoms with Gasteiger partial charge in [-0.15, -0.1) is 0 Å². The Morgan fingerprint density at radius 3 is 2.84 bits per heavy atom. The topological polar surface area (TPSA) is 48.1 Å². The SMILES string of the molecule is Cc1cc(F)ccc1OCc1ccnc(C(N)=S)c1. The smallest absolute Gasteiger partial charge is 0.123 e. The molecule has 0 unspecified atom stereocenters. The molecule has 3 nitrogen and oxygen atoms in total. The number of nitrogens with zero attached hydrogens (tertiary/aromatic N) is 1. The molecule has 5 heteroatoms. The summed E-state index contributed by atoms with van der Waals surface area (Å²) >= 11 is 4.87. The van der Waals surface area contributed by atoms with Gasteiger partial charge in [-0.05, 0) is 48.4 Å². The predicted molar refractivity (Wildman–Crippen MR) is 75.6 cm³/mol. The molecule has 1 aromatic heterocycles. The average molecular weight is 276 g/mol. The molecular weight excluding hydrogens is 263 g/mol. The number of pyridine rings is 1. The zero-order valence-corrected chi connectivity index (χ0v) is 11.2. The van der Waals surface area contributed by atoms with Gasteiger partial charge in [-0.25, -0.2) is 4.39 Å². The minimum atomic E-state index is -0.274. The number of aromatic nitrogens is 1. The number of hydrogen-bond acceptors (Lipinski definition) is 3. The van der Waals surface area contributed by atoms with Gasteiger partial charge in [0.15, 0.2) is 0 Å². The van der Waals surface area contributed by atoms with E-state index < -0.39 is 0 Å². The van der Waals surface area contributed by atoms with E-state index in [4.69, 9.17) is 22.7 Å². The number of halogens is 1. The average Bonchev–Trinajstić information content (AvgIpc) is 2.38. The lowest BCUT2D eigenvalue weighted by Gasteiger charge is -2.09. The summed E-state index contributed by atoms with van der Waals surface area (Å²) in [5.74, 6) is 0.375. The fraction of sp³-hybridized carbons (Fsp3) is 0.143. The molecule has 0 radical (unpaired) electrons. The molecular formula is C14H13FN2OS. The highest BCUT2D eigenvalue weighted by atomic mass is 32.1. The van der Waals surface area contributed by atoms with Gasteiger partial charge in [-0.3, -0.25) is 4.98 Å². The molecule has 1 aromatic carbocycles. The molecule has 0 atom stereocenters. The summed E-state index contributed by atoms with van der Waals surface area (Å²) in [6.07, 6.45) is 1.63. The molecule has 0 aliphatic rings. The van der Waals surface area contributed by atoms with Gasteiger partial charge in [-0.2, -0.15) is 0 Å². The van der Waals surface area contributed by atoms with Gasteiger partial charge in [0, 0.05) is 6.20 Å². The van der Waals surface area contributed by atoms with Crippen LogP contribution in [-0.2, 0) is 6.61 Å². The van der Waals surface area contributed by atoms with Crippen molar-refractivity contribution in [1.29, 1.82) is 0 Å². The molecule has 98 valence electrons. The van der Waals surface area contributed by atoms with Crippen molar-refractivity contribution in [3.8, 4) is 5.75 Å². The fourth-order valence-electron chi connectivity index (χ4n) is 1.63. The van der Waals surface area contributed by atoms with E-state index in [1.165, 1.54) is 12.1 Å². The van der Waals surface area contributed by atoms with E-state index in [-0.39, 0.29) is 10.8 Å². The van der Waals surface area contributed by atoms with E-state index in [1.54, 1.807) is 25.3 Å². The first-order valence-electron chi connectivity index (χ1n) is 5.70. The molecule has 2 rings (SSSR count). The molecule has 1 heterocycles. The molecule has 0 aliphatic heterocycles. The molecule has 2 aromatic rings. The molecule has 2 N–H and O–H groups in total. The first-order valence-corrected chi connectivity index (χ1v) is 6.11. The maximum absolute atomic E-state index is 13.0. The van der Waals surface area contributed by atoms with E-state index >= 15 is 0 Å². The van der Waals surface area contributed by atoms with Crippen molar-refractivity contribution in [2.75, 3.05) is 0 Å². The van der Waals surface area contributed by atoms with E-state index in [9.17, 15) is 4.39 Å². The van der Waals surface area contributed by atoms with Crippen LogP contribution in [-0.4, -0.2) is 9.97 Å². The minimum Gasteiger partial charge on any atom is -0.489 e. The largest absolute Gasteiger partial charge is 0.489 e. The highest BCUT2D eigenvalue weighted by Gasteiger charge is 2.04. The third kappa shape index (κ3) is 3.48. The van der Waals surface area contributed by atoms with Crippen LogP contribution in [0.3, 0.4) is 0 Å². The van der Waals surface area contributed by atoms with Crippen molar-refractivity contribution < 1.29 is 9.13 Å². The molecule has 0 fully saturated rings. The fourth-order valence-corrected chi connectivity index (χ4v) is 1.75. The monoisotopic (exact) mass is 276 g/mol. The second-order valence-corrected chi connectivity index (χ2v) is 4.55. The predicted octanol–water partition coefficient (Wildman–Crippen LogP) is 2.74. The molecule has 0 spiro atoms. The summed E-state index contributed by atoms with van der Waals surface area (Å²) < 4.78 is 18.6. The highest BCUT2D eigenvalue weighted by Crippen LogP contribution is 2.19. The molecule has 0 saturated heterocycles. The van der Waals surface area contributed by atoms with Crippen LogP contribution in [0.4, 0.5) is 4.39 Å². The Labute approximate surface area is 116 Å². The normalized spacial score (nSPS) is 10.2. The second-order valence-electron chi connectivity index (χ2n) is 4.11. The zero-order valence-electron chi connectivity index (χ0n) is 10.4. The van der Waals surface area contributed by atoms with E-state index in [2.05, 4.69) is 4.98 Å². The van der Waals surface area contributed by atoms with Gasteiger partial charge in [-0.1, -0.05) is 12.2 Å². The third-order valence-corrected chi connectivity index (χ3v) is 2.82. The van der Waals surface area contributed by atoms with Crippen LogP contribution in [0.2, 0.25) is 0 Å². The van der Waals surface area contributed by atoms with Crippen LogP contribution in [0, 0.1) is 12.7 Å². The van der Waals surface area contributed by atoms with Gasteiger partial charge < -0.3 is 10.5 Å². The summed E-state index contributed by atoms with van der Waals surface area (Å²) in [6.45, 7) is 2.15. The standard InChI is InChI=1S/C14H13FN2OS/c1-9-6-11(15)2-3-13(9)18-8-10-4-5-17-12(7-10)14(16)19/h2-7H,8H2,1H3,(H2,16,19). The zero-order chi connectivity index (χ0) is 13.8. The Morgan fingerprint density at radius 1 is 1.37 bits per heavy atom. The maximum atomic E-state index is 13.0. The Bertz CT molecular complexity index is 616. The number of thiocarbonyl (C=S) groups is 1. The summed E-state index contributed by atoms with van der Waals surface area (Å²) in [5.41, 5.74) is 7.74. The lowest BCUT2D eigenvalue weighted by Crippen LogP contribution is -2.12. The van der Waals surface area contributed by atoms with Crippen LogP contribution < -0.4 is 10.5 Å². The molecule has 0 amide bonds. The van der Waals surface area contributed by atoms with Crippen molar-refractivity contribution in [3.63, 3.8) is 0 Å². The van der Waals surface area contributed by atoms with Crippen LogP contribution in [0.1, 0.15) is 16.8 Å². The van der Waals surface area contributed by atoms with Crippen molar-refractivity contribution in [2.45, 2.75) is 13.5 Å². The van der Waals surface area contributed by atoms with E-state index in [0.717, 1.165) is 11.1 Å². The van der Waals surface area contributed by atoms with Gasteiger partial charge in [0.25, 0.3) is 0 Å². The van der Waals surface area contributed by atoms with Gasteiger partial charge in [0.1, 0.15) is 23.2 Å². The molecule has 19 heavy (non-hydrogen) atoms. The summed E-state index contributed by atoms with van der Waals surface area (Å²) in [5, 5.41) is 0. The van der Waals surface area contributed by atoms with Crippen LogP contribution in [0.25, 0.3) is 0 Å². The number of rotatable bonds is 4. The number of benzene rings is 1. The van der Waals surface area contributed by atoms with Crippen molar-refractivity contribution in [2.24, 2.45) is 5.73 Å². The third-order valence-electron chi connectivity index (χ3n) is 2.61. The number of nitrogens with two attached hydrogens (primary N) is 1. The van der Waals surface area contributed by atoms with Crippen LogP contribution in [0.5, 0.6) is 5.75 Å². The number of ether oxygens (including phenoxy) is 1. The quantitative estimate of drug-likeness (QED) is 0.872. The number of hydrogen-bond donors (Lipinski definition) is 1. The Balaban J connectivity index is 2.10. The number of aryl methyl sites for hydroxylation is 1. The minimum absolute atomic E-state index is 0.250. The highest BCUT2D eigenvalue weighted by molar-refractivity contribution is 7.80. The van der Waals surface area contributed by atoms with Gasteiger partial charge in [0.05, 0.1) is 5.69 Å². The van der Waals surface area contributed by atoms with Crippen LogP contribution >= 0.6 is 12.2 Å². The maximum Gasteiger partial charge on any atom is 0.123 e. The Morgan fingerprint density at radius 2 is 2.16 bits per heavy atom. The Hall–Kier alpha value is -2.01. The summed E-state index contributed by atoms with van der Waals surface area (Å²) in [6, 6.07) is 8.01.